The van der Waals surface area contributed by atoms with E-state index in [-0.39, 0.29) is 0 Å². The number of hydrogen-bond donors (Lipinski definition) is 6. The molecule has 5 aliphatic rings. The van der Waals surface area contributed by atoms with E-state index >= 15 is 0 Å². The molecule has 0 saturated carbocycles. The predicted octanol–water partition coefficient (Wildman–Crippen LogP) is 10.8. The van der Waals surface area contributed by atoms with Crippen molar-refractivity contribution in [2.24, 2.45) is 5.73 Å². The van der Waals surface area contributed by atoms with Gasteiger partial charge in [0.15, 0.2) is 0 Å². The average molecular weight is 1280 g/mol. The number of nitrogens with one attached hydrogen (secondary N) is 4. The minimum absolute atomic E-state index is 0.295. The number of rotatable bonds is 14. The Balaban J connectivity index is 0.000000150. The quantitative estimate of drug-likeness (QED) is 0.0436. The molecule has 5 fully saturated rings. The van der Waals surface area contributed by atoms with Gasteiger partial charge in [0.05, 0.1) is 99.2 Å². The number of anilines is 14. The Bertz CT molecular complexity index is 3720. The number of nitrogen functional groups attached to an aromatic ring is 1. The summed E-state index contributed by atoms with van der Waals surface area (Å²) in [5, 5.41) is 31.9. The first-order valence-corrected chi connectivity index (χ1v) is 31.2. The third-order valence-corrected chi connectivity index (χ3v) is 16.0. The van der Waals surface area contributed by atoms with Crippen molar-refractivity contribution in [1.29, 1.82) is 10.5 Å². The first-order valence-electron chi connectivity index (χ1n) is 30.4. The Kier molecular flexibility index (Phi) is 23.8. The third-order valence-electron chi connectivity index (χ3n) is 15.5. The van der Waals surface area contributed by atoms with Gasteiger partial charge in [-0.2, -0.15) is 10.5 Å². The molecule has 1 amide bonds. The molecule has 13 rings (SSSR count). The molecule has 92 heavy (non-hydrogen) atoms. The van der Waals surface area contributed by atoms with Crippen LogP contribution in [0.5, 0.6) is 0 Å². The van der Waals surface area contributed by atoms with Crippen LogP contribution < -0.4 is 57.2 Å². The summed E-state index contributed by atoms with van der Waals surface area (Å²) in [4.78, 5) is 36.0. The molecule has 24 heteroatoms. The number of nitrogens with zero attached hydrogens (tertiary/aromatic N) is 10. The summed E-state index contributed by atoms with van der Waals surface area (Å²) in [5.41, 5.74) is 24.0. The van der Waals surface area contributed by atoms with Crippen molar-refractivity contribution in [2.75, 3.05) is 183 Å². The molecule has 5 aliphatic heterocycles. The molecule has 22 nitrogen and oxygen atoms in total. The highest BCUT2D eigenvalue weighted by molar-refractivity contribution is 6.34. The van der Waals surface area contributed by atoms with E-state index in [0.29, 0.717) is 49.9 Å². The van der Waals surface area contributed by atoms with Crippen LogP contribution >= 0.6 is 23.2 Å². The number of pyridine rings is 3. The van der Waals surface area contributed by atoms with E-state index in [4.69, 9.17) is 63.6 Å². The molecule has 0 radical (unpaired) electrons. The molecule has 0 unspecified atom stereocenters. The minimum atomic E-state index is -0.536. The van der Waals surface area contributed by atoms with Crippen molar-refractivity contribution in [1.82, 2.24) is 15.0 Å². The third kappa shape index (κ3) is 19.0. The van der Waals surface area contributed by atoms with Gasteiger partial charge in [-0.25, -0.2) is 15.0 Å². The largest absolute Gasteiger partial charge is 0.399 e. The first kappa shape index (κ1) is 65.3. The number of primary amides is 1. The maximum Gasteiger partial charge on any atom is 0.252 e. The molecule has 8 aromatic rings. The second kappa shape index (κ2) is 33.4. The van der Waals surface area contributed by atoms with E-state index in [1.54, 1.807) is 12.3 Å². The first-order chi connectivity index (χ1) is 45.0. The number of aromatic nitrogens is 3. The number of halogens is 2. The molecule has 5 saturated heterocycles. The highest BCUT2D eigenvalue weighted by atomic mass is 35.5. The fourth-order valence-corrected chi connectivity index (χ4v) is 10.9. The standard InChI is InChI=1S/C26H30N6O3.C26H28N6O2.C10H14N2O.C6H2Cl2N2/c27-26(33)23-18-28-25(30-20-3-7-22(8-4-20)32-11-15-35-16-12-32)17-24(23)29-19-1-5-21(6-2-19)31-9-13-34-14-10-31;27-18-20-19-28-26(30-22-3-7-24(8-4-22)32-11-15-34-16-12-32)17-25(20)29-21-1-5-23(6-2-21)31-9-13-33-14-10-31;11-9-1-3-10(4-2-9)12-5-7-13-8-6-12;7-5-1-6(8)10-3-4(5)2-9/h1-8,17-18H,9-16H2,(H2,27,33)(H2,28,29,30);1-8,17,19H,9-16H2,(H2,28,29,30);1-4H,5-8,11H2;1,3H. The van der Waals surface area contributed by atoms with Crippen molar-refractivity contribution in [2.45, 2.75) is 0 Å². The summed E-state index contributed by atoms with van der Waals surface area (Å²) in [6.45, 7) is 16.8. The Hall–Kier alpha value is -9.62. The maximum atomic E-state index is 12.0. The van der Waals surface area contributed by atoms with Gasteiger partial charge in [-0.1, -0.05) is 23.2 Å². The molecule has 8 heterocycles. The second-order valence-corrected chi connectivity index (χ2v) is 22.4. The van der Waals surface area contributed by atoms with E-state index < -0.39 is 5.91 Å². The molecule has 0 aliphatic carbocycles. The van der Waals surface area contributed by atoms with Crippen LogP contribution in [0.3, 0.4) is 0 Å². The molecule has 8 N–H and O–H groups in total. The van der Waals surface area contributed by atoms with Gasteiger partial charge in [0.1, 0.15) is 28.9 Å². The normalized spacial score (nSPS) is 15.5. The van der Waals surface area contributed by atoms with Gasteiger partial charge in [-0.05, 0) is 127 Å². The van der Waals surface area contributed by atoms with Gasteiger partial charge in [0.2, 0.25) is 0 Å². The summed E-state index contributed by atoms with van der Waals surface area (Å²) in [7, 11) is 0. The molecule has 3 aromatic heterocycles. The van der Waals surface area contributed by atoms with Crippen LogP contribution in [0.2, 0.25) is 10.2 Å². The zero-order valence-corrected chi connectivity index (χ0v) is 52.5. The van der Waals surface area contributed by atoms with E-state index in [2.05, 4.69) is 127 Å². The van der Waals surface area contributed by atoms with Crippen molar-refractivity contribution in [3.05, 3.63) is 185 Å². The molecule has 5 aromatic carbocycles. The minimum Gasteiger partial charge on any atom is -0.399 e. The van der Waals surface area contributed by atoms with E-state index in [1.807, 2.05) is 72.8 Å². The molecule has 0 spiro atoms. The topological polar surface area (TPSA) is 266 Å². The monoisotopic (exact) mass is 1280 g/mol. The lowest BCUT2D eigenvalue weighted by molar-refractivity contribution is 0.100. The number of morpholine rings is 5. The van der Waals surface area contributed by atoms with Crippen LogP contribution in [0, 0.1) is 22.7 Å². The lowest BCUT2D eigenvalue weighted by Gasteiger charge is -2.29. The maximum absolute atomic E-state index is 12.0. The fraction of sp³-hybridized carbons (Fsp3) is 0.294. The Morgan fingerprint density at radius 1 is 0.413 bits per heavy atom. The van der Waals surface area contributed by atoms with Crippen molar-refractivity contribution >= 4 is 109 Å². The number of benzene rings is 5. The highest BCUT2D eigenvalue weighted by Gasteiger charge is 2.18. The Morgan fingerprint density at radius 3 is 1.05 bits per heavy atom. The van der Waals surface area contributed by atoms with Crippen LogP contribution in [0.25, 0.3) is 0 Å². The summed E-state index contributed by atoms with van der Waals surface area (Å²) in [6, 6.07) is 50.0. The van der Waals surface area contributed by atoms with E-state index in [1.165, 1.54) is 41.2 Å². The van der Waals surface area contributed by atoms with Crippen LogP contribution in [0.15, 0.2) is 158 Å². The Labute approximate surface area is 546 Å². The van der Waals surface area contributed by atoms with Crippen LogP contribution in [-0.2, 0) is 23.7 Å². The molecule has 0 bridgehead atoms. The number of carbonyl (C=O) groups is 1. The highest BCUT2D eigenvalue weighted by Crippen LogP contribution is 2.31. The fourth-order valence-electron chi connectivity index (χ4n) is 10.5. The summed E-state index contributed by atoms with van der Waals surface area (Å²) < 4.78 is 27.0. The number of ether oxygens (including phenoxy) is 5. The van der Waals surface area contributed by atoms with Crippen LogP contribution in [0.1, 0.15) is 21.5 Å². The van der Waals surface area contributed by atoms with Crippen molar-refractivity contribution < 1.29 is 28.5 Å². The van der Waals surface area contributed by atoms with Gasteiger partial charge in [-0.15, -0.1) is 0 Å². The molecular formula is C68H74Cl2N16O6. The van der Waals surface area contributed by atoms with Crippen molar-refractivity contribution in [3.8, 4) is 12.1 Å². The van der Waals surface area contributed by atoms with E-state index in [9.17, 15) is 10.1 Å². The smallest absolute Gasteiger partial charge is 0.252 e. The zero-order chi connectivity index (χ0) is 63.9. The summed E-state index contributed by atoms with van der Waals surface area (Å²) in [6.07, 6.45) is 4.43. The van der Waals surface area contributed by atoms with E-state index in [0.717, 1.165) is 166 Å². The summed E-state index contributed by atoms with van der Waals surface area (Å²) in [5.74, 6) is 0.749. The summed E-state index contributed by atoms with van der Waals surface area (Å²) >= 11 is 11.1. The zero-order valence-electron chi connectivity index (χ0n) is 51.0. The van der Waals surface area contributed by atoms with Gasteiger partial charge in [0.25, 0.3) is 5.91 Å². The predicted molar refractivity (Wildman–Crippen MR) is 366 cm³/mol. The number of amides is 1. The van der Waals surface area contributed by atoms with Gasteiger partial charge >= 0.3 is 0 Å². The second-order valence-electron chi connectivity index (χ2n) is 21.6. The number of carbonyl (C=O) groups excluding carboxylic acids is 1. The lowest BCUT2D eigenvalue weighted by atomic mass is 10.2. The number of nitriles is 2. The molecular weight excluding hydrogens is 1210 g/mol. The van der Waals surface area contributed by atoms with Gasteiger partial charge in [0, 0.05) is 153 Å². The number of nitrogens with two attached hydrogens (primary N) is 2. The molecule has 476 valence electrons. The van der Waals surface area contributed by atoms with Crippen LogP contribution in [-0.4, -0.2) is 152 Å². The molecule has 0 atom stereocenters. The SMILES string of the molecule is N#Cc1cnc(Cl)cc1Cl.N#Cc1cnc(Nc2ccc(N3CCOCC3)cc2)cc1Nc1ccc(N2CCOCC2)cc1.NC(=O)c1cnc(Nc2ccc(N3CCOCC3)cc2)cc1Nc1ccc(N2CCOCC2)cc1.Nc1ccc(N2CCOCC2)cc1. The number of hydrogen-bond acceptors (Lipinski definition) is 21. The lowest BCUT2D eigenvalue weighted by Crippen LogP contribution is -2.36. The average Bonchev–Trinajstić information content (AvgIpc) is 1.18. The van der Waals surface area contributed by atoms with Gasteiger partial charge in [-0.3, -0.25) is 4.79 Å². The Morgan fingerprint density at radius 2 is 0.717 bits per heavy atom. The van der Waals surface area contributed by atoms with Gasteiger partial charge < -0.3 is 80.9 Å². The van der Waals surface area contributed by atoms with Crippen molar-refractivity contribution in [3.63, 3.8) is 0 Å². The van der Waals surface area contributed by atoms with Crippen LogP contribution in [0.4, 0.5) is 79.9 Å².